The van der Waals surface area contributed by atoms with Gasteiger partial charge in [0.05, 0.1) is 4.99 Å². The minimum Gasteiger partial charge on any atom is -0.392 e. The molecule has 2 fully saturated rings. The van der Waals surface area contributed by atoms with Crippen LogP contribution in [0.4, 0.5) is 0 Å². The van der Waals surface area contributed by atoms with E-state index in [0.29, 0.717) is 12.0 Å². The van der Waals surface area contributed by atoms with E-state index in [2.05, 4.69) is 4.90 Å². The molecule has 1 amide bonds. The van der Waals surface area contributed by atoms with E-state index in [9.17, 15) is 4.79 Å². The Labute approximate surface area is 131 Å². The number of piperidine rings is 1. The number of rotatable bonds is 3. The third-order valence-electron chi connectivity index (χ3n) is 4.94. The summed E-state index contributed by atoms with van der Waals surface area (Å²) >= 11 is 5.19. The highest BCUT2D eigenvalue weighted by molar-refractivity contribution is 7.80. The van der Waals surface area contributed by atoms with Gasteiger partial charge in [-0.2, -0.15) is 0 Å². The first kappa shape index (κ1) is 14.5. The number of carbonyl (C=O) groups excluding carboxylic acids is 1. The summed E-state index contributed by atoms with van der Waals surface area (Å²) in [4.78, 5) is 15.4. The van der Waals surface area contributed by atoms with Crippen molar-refractivity contribution in [1.29, 1.82) is 0 Å². The lowest BCUT2D eigenvalue weighted by atomic mass is 9.89. The maximum absolute atomic E-state index is 13.0. The smallest absolute Gasteiger partial charge is 0.237 e. The van der Waals surface area contributed by atoms with Crippen molar-refractivity contribution in [2.45, 2.75) is 44.1 Å². The van der Waals surface area contributed by atoms with Gasteiger partial charge in [0, 0.05) is 12.6 Å². The van der Waals surface area contributed by atoms with Crippen LogP contribution in [0.15, 0.2) is 30.3 Å². The molecule has 3 unspecified atom stereocenters. The second-order valence-electron chi connectivity index (χ2n) is 6.18. The van der Waals surface area contributed by atoms with Crippen molar-refractivity contribution in [3.8, 4) is 0 Å². The van der Waals surface area contributed by atoms with Crippen molar-refractivity contribution in [2.75, 3.05) is 6.54 Å². The summed E-state index contributed by atoms with van der Waals surface area (Å²) in [6.07, 6.45) is 6.00. The van der Waals surface area contributed by atoms with Crippen LogP contribution in [0.1, 0.15) is 43.6 Å². The number of carbonyl (C=O) groups is 1. The second-order valence-corrected chi connectivity index (χ2v) is 6.65. The molecular weight excluding hydrogens is 280 g/mol. The Hall–Kier alpha value is -1.42. The highest BCUT2D eigenvalue weighted by Gasteiger charge is 2.40. The quantitative estimate of drug-likeness (QED) is 0.873. The summed E-state index contributed by atoms with van der Waals surface area (Å²) in [7, 11) is 0. The first-order valence-electron chi connectivity index (χ1n) is 7.83. The van der Waals surface area contributed by atoms with Gasteiger partial charge in [-0.25, -0.2) is 0 Å². The van der Waals surface area contributed by atoms with E-state index in [-0.39, 0.29) is 10.9 Å². The molecule has 1 saturated heterocycles. The molecule has 1 aromatic carbocycles. The number of likely N-dealkylation sites (tertiary alicyclic amines) is 1. The molecule has 1 aliphatic heterocycles. The summed E-state index contributed by atoms with van der Waals surface area (Å²) in [5, 5.41) is 0. The van der Waals surface area contributed by atoms with Gasteiger partial charge < -0.3 is 10.6 Å². The summed E-state index contributed by atoms with van der Waals surface area (Å²) in [6.45, 7) is 0.853. The van der Waals surface area contributed by atoms with Gasteiger partial charge in [-0.3, -0.25) is 4.79 Å². The number of fused-ring (bicyclic) bond motifs is 1. The van der Waals surface area contributed by atoms with E-state index < -0.39 is 5.92 Å². The average molecular weight is 302 g/mol. The maximum atomic E-state index is 13.0. The molecule has 3 rings (SSSR count). The van der Waals surface area contributed by atoms with Gasteiger partial charge in [0.25, 0.3) is 0 Å². The van der Waals surface area contributed by atoms with Crippen LogP contribution in [-0.2, 0) is 4.79 Å². The van der Waals surface area contributed by atoms with Crippen LogP contribution < -0.4 is 5.73 Å². The fraction of sp³-hybridized carbons (Fsp3) is 0.529. The molecule has 1 aromatic rings. The van der Waals surface area contributed by atoms with Crippen molar-refractivity contribution >= 4 is 23.1 Å². The lowest BCUT2D eigenvalue weighted by Crippen LogP contribution is -2.49. The van der Waals surface area contributed by atoms with Crippen LogP contribution in [0.3, 0.4) is 0 Å². The first-order chi connectivity index (χ1) is 10.2. The highest BCUT2D eigenvalue weighted by atomic mass is 32.1. The Kier molecular flexibility index (Phi) is 4.24. The predicted octanol–water partition coefficient (Wildman–Crippen LogP) is 2.85. The maximum Gasteiger partial charge on any atom is 0.237 e. The third kappa shape index (κ3) is 2.82. The Bertz CT molecular complexity index is 531. The van der Waals surface area contributed by atoms with Crippen molar-refractivity contribution in [3.05, 3.63) is 35.9 Å². The van der Waals surface area contributed by atoms with Gasteiger partial charge in [0.15, 0.2) is 0 Å². The zero-order valence-corrected chi connectivity index (χ0v) is 13.0. The first-order valence-corrected chi connectivity index (χ1v) is 8.24. The summed E-state index contributed by atoms with van der Waals surface area (Å²) in [6, 6.07) is 10.1. The molecule has 21 heavy (non-hydrogen) atoms. The molecule has 1 aliphatic carbocycles. The number of hydrogen-bond donors (Lipinski definition) is 1. The van der Waals surface area contributed by atoms with E-state index in [0.717, 1.165) is 24.9 Å². The fourth-order valence-corrected chi connectivity index (χ4v) is 4.20. The van der Waals surface area contributed by atoms with E-state index in [1.807, 2.05) is 30.3 Å². The normalized spacial score (nSPS) is 26.2. The minimum atomic E-state index is -0.472. The lowest BCUT2D eigenvalue weighted by Gasteiger charge is -2.39. The topological polar surface area (TPSA) is 46.3 Å². The van der Waals surface area contributed by atoms with Gasteiger partial charge >= 0.3 is 0 Å². The molecule has 3 atom stereocenters. The van der Waals surface area contributed by atoms with E-state index in [4.69, 9.17) is 18.0 Å². The lowest BCUT2D eigenvalue weighted by molar-refractivity contribution is -0.135. The zero-order chi connectivity index (χ0) is 14.8. The van der Waals surface area contributed by atoms with E-state index in [1.54, 1.807) is 0 Å². The summed E-state index contributed by atoms with van der Waals surface area (Å²) < 4.78 is 0. The molecule has 2 aliphatic rings. The van der Waals surface area contributed by atoms with Gasteiger partial charge in [-0.15, -0.1) is 0 Å². The molecule has 4 heteroatoms. The standard InChI is InChI=1S/C17H22N2OS/c18-16(21)15(13-6-2-1-3-7-13)17(20)19-11-5-9-12-8-4-10-14(12)19/h1-3,6-7,12,14-15H,4-5,8-11H2,(H2,18,21). The monoisotopic (exact) mass is 302 g/mol. The molecule has 0 bridgehead atoms. The van der Waals surface area contributed by atoms with Crippen LogP contribution in [0.2, 0.25) is 0 Å². The summed E-state index contributed by atoms with van der Waals surface area (Å²) in [5.74, 6) is 0.316. The van der Waals surface area contributed by atoms with Gasteiger partial charge in [-0.05, 0) is 37.2 Å². The predicted molar refractivity (Wildman–Crippen MR) is 88.0 cm³/mol. The van der Waals surface area contributed by atoms with E-state index >= 15 is 0 Å². The SMILES string of the molecule is NC(=S)C(C(=O)N1CCCC2CCCC21)c1ccccc1. The third-order valence-corrected chi connectivity index (χ3v) is 5.18. The number of amides is 1. The van der Waals surface area contributed by atoms with Crippen molar-refractivity contribution in [2.24, 2.45) is 11.7 Å². The Balaban J connectivity index is 1.86. The van der Waals surface area contributed by atoms with Crippen LogP contribution in [0, 0.1) is 5.92 Å². The van der Waals surface area contributed by atoms with Crippen LogP contribution >= 0.6 is 12.2 Å². The fourth-order valence-electron chi connectivity index (χ4n) is 3.97. The van der Waals surface area contributed by atoms with Crippen LogP contribution in [0.25, 0.3) is 0 Å². The molecule has 1 heterocycles. The van der Waals surface area contributed by atoms with Gasteiger partial charge in [0.2, 0.25) is 5.91 Å². The molecular formula is C17H22N2OS. The Morgan fingerprint density at radius 1 is 1.19 bits per heavy atom. The van der Waals surface area contributed by atoms with Crippen molar-refractivity contribution < 1.29 is 4.79 Å². The number of nitrogens with zero attached hydrogens (tertiary/aromatic N) is 1. The molecule has 3 nitrogen and oxygen atoms in total. The zero-order valence-electron chi connectivity index (χ0n) is 12.2. The van der Waals surface area contributed by atoms with Crippen molar-refractivity contribution in [1.82, 2.24) is 4.90 Å². The van der Waals surface area contributed by atoms with Crippen LogP contribution in [0.5, 0.6) is 0 Å². The number of thiocarbonyl (C=S) groups is 1. The largest absolute Gasteiger partial charge is 0.392 e. The second kappa shape index (κ2) is 6.14. The molecule has 2 N–H and O–H groups in total. The van der Waals surface area contributed by atoms with Gasteiger partial charge in [0.1, 0.15) is 5.92 Å². The molecule has 1 saturated carbocycles. The number of nitrogens with two attached hydrogens (primary N) is 1. The molecule has 0 spiro atoms. The van der Waals surface area contributed by atoms with E-state index in [1.165, 1.54) is 19.3 Å². The number of benzene rings is 1. The van der Waals surface area contributed by atoms with Crippen molar-refractivity contribution in [3.63, 3.8) is 0 Å². The molecule has 0 radical (unpaired) electrons. The summed E-state index contributed by atoms with van der Waals surface area (Å²) in [5.41, 5.74) is 6.81. The minimum absolute atomic E-state index is 0.102. The Morgan fingerprint density at radius 2 is 1.90 bits per heavy atom. The average Bonchev–Trinajstić information content (AvgIpc) is 2.96. The number of hydrogen-bond acceptors (Lipinski definition) is 2. The van der Waals surface area contributed by atoms with Crippen LogP contribution in [-0.4, -0.2) is 28.4 Å². The molecule has 0 aromatic heterocycles. The highest BCUT2D eigenvalue weighted by Crippen LogP contribution is 2.38. The Morgan fingerprint density at radius 3 is 2.62 bits per heavy atom. The molecule has 112 valence electrons. The van der Waals surface area contributed by atoms with Gasteiger partial charge in [-0.1, -0.05) is 49.0 Å².